The van der Waals surface area contributed by atoms with Gasteiger partial charge in [0.15, 0.2) is 0 Å². The number of para-hydroxylation sites is 2. The maximum Gasteiger partial charge on any atom is 0.338 e. The number of nitrogens with zero attached hydrogens (tertiary/aromatic N) is 2. The first kappa shape index (κ1) is 24.3. The zero-order chi connectivity index (χ0) is 24.5. The van der Waals surface area contributed by atoms with Crippen molar-refractivity contribution >= 4 is 34.7 Å². The van der Waals surface area contributed by atoms with Gasteiger partial charge >= 0.3 is 11.9 Å². The number of rotatable bonds is 10. The zero-order valence-electron chi connectivity index (χ0n) is 19.4. The maximum absolute atomic E-state index is 12.7. The van der Waals surface area contributed by atoms with Gasteiger partial charge < -0.3 is 19.3 Å². The van der Waals surface area contributed by atoms with Crippen molar-refractivity contribution in [1.29, 1.82) is 0 Å². The molecule has 34 heavy (non-hydrogen) atoms. The van der Waals surface area contributed by atoms with E-state index in [-0.39, 0.29) is 11.1 Å². The first-order chi connectivity index (χ1) is 16.5. The predicted octanol–water partition coefficient (Wildman–Crippen LogP) is 5.91. The van der Waals surface area contributed by atoms with E-state index < -0.39 is 11.9 Å². The van der Waals surface area contributed by atoms with Gasteiger partial charge in [-0.15, -0.1) is 13.2 Å². The molecule has 3 aromatic rings. The smallest absolute Gasteiger partial charge is 0.338 e. The lowest BCUT2D eigenvalue weighted by molar-refractivity contribution is 0.0555. The van der Waals surface area contributed by atoms with Crippen molar-refractivity contribution in [3.63, 3.8) is 0 Å². The van der Waals surface area contributed by atoms with E-state index in [0.29, 0.717) is 24.5 Å². The predicted molar refractivity (Wildman–Crippen MR) is 136 cm³/mol. The lowest BCUT2D eigenvalue weighted by atomic mass is 10.0. The topological polar surface area (TPSA) is 59.1 Å². The quantitative estimate of drug-likeness (QED) is 0.279. The van der Waals surface area contributed by atoms with E-state index in [1.54, 1.807) is 24.3 Å². The summed E-state index contributed by atoms with van der Waals surface area (Å²) in [6, 6.07) is 22.9. The van der Waals surface area contributed by atoms with Crippen molar-refractivity contribution in [1.82, 2.24) is 0 Å². The molecule has 0 aliphatic rings. The number of esters is 2. The molecular formula is C28H28N2O4. The molecule has 0 N–H and O–H groups in total. The Labute approximate surface area is 200 Å². The van der Waals surface area contributed by atoms with Crippen molar-refractivity contribution in [3.05, 3.63) is 109 Å². The van der Waals surface area contributed by atoms with Gasteiger partial charge in [0.2, 0.25) is 0 Å². The fourth-order valence-corrected chi connectivity index (χ4v) is 3.73. The standard InChI is InChI=1S/C28H28N2O4/c1-5-17-29(21-13-9-7-10-14-21)25-19-23(27(31)33-3)24(28(32)34-4)20-26(25)30(18-6-2)22-15-11-8-12-16-22/h5-16,19-20H,1-2,17-18H2,3-4H3. The molecule has 0 fully saturated rings. The Bertz CT molecular complexity index is 1070. The summed E-state index contributed by atoms with van der Waals surface area (Å²) in [5.74, 6) is -1.26. The minimum absolute atomic E-state index is 0.115. The number of benzene rings is 3. The molecule has 6 nitrogen and oxygen atoms in total. The van der Waals surface area contributed by atoms with Crippen LogP contribution in [0.5, 0.6) is 0 Å². The Kier molecular flexibility index (Phi) is 8.24. The highest BCUT2D eigenvalue weighted by Gasteiger charge is 2.26. The summed E-state index contributed by atoms with van der Waals surface area (Å²) in [5.41, 5.74) is 3.43. The molecule has 0 aliphatic carbocycles. The van der Waals surface area contributed by atoms with Crippen LogP contribution in [0.15, 0.2) is 98.1 Å². The highest BCUT2D eigenvalue weighted by molar-refractivity contribution is 6.06. The molecule has 0 saturated heterocycles. The molecule has 3 rings (SSSR count). The van der Waals surface area contributed by atoms with Gasteiger partial charge in [-0.3, -0.25) is 0 Å². The minimum atomic E-state index is -0.630. The second-order valence-corrected chi connectivity index (χ2v) is 7.34. The normalized spacial score (nSPS) is 10.2. The summed E-state index contributed by atoms with van der Waals surface area (Å²) < 4.78 is 9.98. The summed E-state index contributed by atoms with van der Waals surface area (Å²) in [6.45, 7) is 8.76. The van der Waals surface area contributed by atoms with E-state index in [1.165, 1.54) is 14.2 Å². The van der Waals surface area contributed by atoms with E-state index >= 15 is 0 Å². The lowest BCUT2D eigenvalue weighted by Crippen LogP contribution is -2.25. The van der Waals surface area contributed by atoms with Gasteiger partial charge in [0.05, 0.1) is 36.7 Å². The summed E-state index contributed by atoms with van der Waals surface area (Å²) in [5, 5.41) is 0. The van der Waals surface area contributed by atoms with E-state index in [0.717, 1.165) is 11.4 Å². The monoisotopic (exact) mass is 456 g/mol. The van der Waals surface area contributed by atoms with Crippen molar-refractivity contribution in [2.24, 2.45) is 0 Å². The lowest BCUT2D eigenvalue weighted by Gasteiger charge is -2.32. The van der Waals surface area contributed by atoms with Crippen molar-refractivity contribution in [3.8, 4) is 0 Å². The average molecular weight is 457 g/mol. The molecular weight excluding hydrogens is 428 g/mol. The summed E-state index contributed by atoms with van der Waals surface area (Å²) in [4.78, 5) is 29.4. The molecule has 0 unspecified atom stereocenters. The Hall–Kier alpha value is -4.32. The molecule has 0 amide bonds. The molecule has 0 saturated carbocycles. The molecule has 0 radical (unpaired) electrons. The number of hydrogen-bond donors (Lipinski definition) is 0. The van der Waals surface area contributed by atoms with Crippen LogP contribution in [0.1, 0.15) is 20.7 Å². The van der Waals surface area contributed by atoms with Gasteiger partial charge in [0, 0.05) is 24.5 Å². The molecule has 0 aromatic heterocycles. The van der Waals surface area contributed by atoms with E-state index in [1.807, 2.05) is 70.5 Å². The van der Waals surface area contributed by atoms with E-state index in [2.05, 4.69) is 13.2 Å². The summed E-state index contributed by atoms with van der Waals surface area (Å²) in [6.07, 6.45) is 3.56. The molecule has 0 heterocycles. The van der Waals surface area contributed by atoms with Crippen LogP contribution in [0.25, 0.3) is 0 Å². The van der Waals surface area contributed by atoms with Gasteiger partial charge in [-0.05, 0) is 36.4 Å². The van der Waals surface area contributed by atoms with Crippen LogP contribution in [-0.2, 0) is 9.47 Å². The van der Waals surface area contributed by atoms with E-state index in [4.69, 9.17) is 9.47 Å². The number of anilines is 4. The Balaban J connectivity index is 2.38. The number of carbonyl (C=O) groups is 2. The SMILES string of the molecule is C=CCN(c1ccccc1)c1cc(C(=O)OC)c(C(=O)OC)cc1N(CC=C)c1ccccc1. The molecule has 0 bridgehead atoms. The maximum atomic E-state index is 12.7. The number of carbonyl (C=O) groups excluding carboxylic acids is 2. The minimum Gasteiger partial charge on any atom is -0.465 e. The fourth-order valence-electron chi connectivity index (χ4n) is 3.73. The highest BCUT2D eigenvalue weighted by atomic mass is 16.5. The van der Waals surface area contributed by atoms with Crippen LogP contribution in [-0.4, -0.2) is 39.2 Å². The second kappa shape index (κ2) is 11.5. The summed E-state index contributed by atoms with van der Waals surface area (Å²) >= 11 is 0. The first-order valence-corrected chi connectivity index (χ1v) is 10.8. The molecule has 0 aliphatic heterocycles. The Morgan fingerprint density at radius 1 is 0.706 bits per heavy atom. The molecule has 0 spiro atoms. The van der Waals surface area contributed by atoms with Crippen molar-refractivity contribution in [2.75, 3.05) is 37.1 Å². The molecule has 3 aromatic carbocycles. The number of hydrogen-bond acceptors (Lipinski definition) is 6. The third-order valence-electron chi connectivity index (χ3n) is 5.27. The third-order valence-corrected chi connectivity index (χ3v) is 5.27. The van der Waals surface area contributed by atoms with Crippen LogP contribution >= 0.6 is 0 Å². The van der Waals surface area contributed by atoms with Gasteiger partial charge in [-0.2, -0.15) is 0 Å². The van der Waals surface area contributed by atoms with E-state index in [9.17, 15) is 9.59 Å². The van der Waals surface area contributed by atoms with Crippen LogP contribution in [0, 0.1) is 0 Å². The van der Waals surface area contributed by atoms with Crippen LogP contribution < -0.4 is 9.80 Å². The van der Waals surface area contributed by atoms with Gasteiger partial charge in [-0.25, -0.2) is 9.59 Å². The second-order valence-electron chi connectivity index (χ2n) is 7.34. The number of methoxy groups -OCH3 is 2. The van der Waals surface area contributed by atoms with Crippen molar-refractivity contribution < 1.29 is 19.1 Å². The van der Waals surface area contributed by atoms with Crippen LogP contribution in [0.2, 0.25) is 0 Å². The molecule has 0 atom stereocenters. The number of ether oxygens (including phenoxy) is 2. The zero-order valence-corrected chi connectivity index (χ0v) is 19.4. The average Bonchev–Trinajstić information content (AvgIpc) is 2.90. The third kappa shape index (κ3) is 5.18. The highest BCUT2D eigenvalue weighted by Crippen LogP contribution is 2.40. The fraction of sp³-hybridized carbons (Fsp3) is 0.143. The largest absolute Gasteiger partial charge is 0.465 e. The van der Waals surface area contributed by atoms with Gasteiger partial charge in [-0.1, -0.05) is 48.6 Å². The Morgan fingerprint density at radius 3 is 1.35 bits per heavy atom. The van der Waals surface area contributed by atoms with Crippen LogP contribution in [0.3, 0.4) is 0 Å². The Morgan fingerprint density at radius 2 is 1.06 bits per heavy atom. The molecule has 174 valence electrons. The van der Waals surface area contributed by atoms with Gasteiger partial charge in [0.1, 0.15) is 0 Å². The summed E-state index contributed by atoms with van der Waals surface area (Å²) in [7, 11) is 2.56. The first-order valence-electron chi connectivity index (χ1n) is 10.8. The van der Waals surface area contributed by atoms with Crippen molar-refractivity contribution in [2.45, 2.75) is 0 Å². The van der Waals surface area contributed by atoms with Gasteiger partial charge in [0.25, 0.3) is 0 Å². The molecule has 6 heteroatoms. The van der Waals surface area contributed by atoms with Crippen LogP contribution in [0.4, 0.5) is 22.7 Å².